The number of rotatable bonds is 4. The fraction of sp³-hybridized carbons (Fsp3) is 0.167. The zero-order chi connectivity index (χ0) is 15.0. The van der Waals surface area contributed by atoms with E-state index in [-0.39, 0.29) is 4.90 Å². The van der Waals surface area contributed by atoms with E-state index in [1.54, 1.807) is 12.4 Å². The number of sulfonamides is 1. The molecule has 0 unspecified atom stereocenters. The van der Waals surface area contributed by atoms with Gasteiger partial charge in [-0.25, -0.2) is 13.4 Å². The molecular formula is C12H12N4O2S3. The predicted octanol–water partition coefficient (Wildman–Crippen LogP) is 2.71. The third-order valence-electron chi connectivity index (χ3n) is 2.68. The average molecular weight is 340 g/mol. The van der Waals surface area contributed by atoms with Crippen LogP contribution in [0.1, 0.15) is 5.69 Å². The second kappa shape index (κ2) is 5.24. The molecule has 0 saturated carbocycles. The standard InChI is InChI=1S/C12H12N4O2S3/c1-8-7-20-12(13-8)15-21(17,18)10-6-16(2)14-11(10)9-4-3-5-19-9/h3-7H,1-2H3,(H,13,15). The summed E-state index contributed by atoms with van der Waals surface area (Å²) in [5, 5.41) is 8.29. The normalized spacial score (nSPS) is 11.7. The number of nitrogens with one attached hydrogen (secondary N) is 1. The monoisotopic (exact) mass is 340 g/mol. The van der Waals surface area contributed by atoms with Gasteiger partial charge in [-0.15, -0.1) is 22.7 Å². The summed E-state index contributed by atoms with van der Waals surface area (Å²) in [6.45, 7) is 1.81. The summed E-state index contributed by atoms with van der Waals surface area (Å²) in [5.41, 5.74) is 1.23. The Bertz CT molecular complexity index is 862. The van der Waals surface area contributed by atoms with Crippen molar-refractivity contribution >= 4 is 37.8 Å². The minimum absolute atomic E-state index is 0.153. The van der Waals surface area contributed by atoms with Crippen LogP contribution in [-0.2, 0) is 17.1 Å². The van der Waals surface area contributed by atoms with Gasteiger partial charge in [0.15, 0.2) is 5.13 Å². The third kappa shape index (κ3) is 2.85. The summed E-state index contributed by atoms with van der Waals surface area (Å²) in [5.74, 6) is 0. The zero-order valence-electron chi connectivity index (χ0n) is 11.3. The Morgan fingerprint density at radius 1 is 1.33 bits per heavy atom. The maximum atomic E-state index is 12.5. The first-order valence-corrected chi connectivity index (χ1v) is 9.22. The van der Waals surface area contributed by atoms with Crippen molar-refractivity contribution in [1.82, 2.24) is 14.8 Å². The van der Waals surface area contributed by atoms with Gasteiger partial charge in [-0.05, 0) is 18.4 Å². The number of anilines is 1. The molecule has 3 aromatic rings. The number of hydrogen-bond donors (Lipinski definition) is 1. The molecule has 0 aromatic carbocycles. The number of nitrogens with zero attached hydrogens (tertiary/aromatic N) is 3. The van der Waals surface area contributed by atoms with Crippen molar-refractivity contribution in [1.29, 1.82) is 0 Å². The molecule has 1 N–H and O–H groups in total. The van der Waals surface area contributed by atoms with Crippen molar-refractivity contribution in [2.45, 2.75) is 11.8 Å². The van der Waals surface area contributed by atoms with Crippen molar-refractivity contribution < 1.29 is 8.42 Å². The van der Waals surface area contributed by atoms with Crippen LogP contribution in [0.5, 0.6) is 0 Å². The van der Waals surface area contributed by atoms with Gasteiger partial charge in [0.1, 0.15) is 10.6 Å². The SMILES string of the molecule is Cc1csc(NS(=O)(=O)c2cn(C)nc2-c2cccs2)n1. The van der Waals surface area contributed by atoms with Crippen LogP contribution >= 0.6 is 22.7 Å². The molecule has 3 aromatic heterocycles. The summed E-state index contributed by atoms with van der Waals surface area (Å²) in [4.78, 5) is 5.09. The molecule has 0 radical (unpaired) electrons. The Hall–Kier alpha value is -1.71. The van der Waals surface area contributed by atoms with Gasteiger partial charge in [0, 0.05) is 18.6 Å². The maximum Gasteiger partial charge on any atom is 0.267 e. The zero-order valence-corrected chi connectivity index (χ0v) is 13.7. The van der Waals surface area contributed by atoms with Gasteiger partial charge in [-0.1, -0.05) is 6.07 Å². The fourth-order valence-corrected chi connectivity index (χ4v) is 4.74. The van der Waals surface area contributed by atoms with Crippen LogP contribution < -0.4 is 4.72 Å². The number of aromatic nitrogens is 3. The lowest BCUT2D eigenvalue weighted by atomic mass is 10.3. The van der Waals surface area contributed by atoms with E-state index in [1.165, 1.54) is 33.6 Å². The molecule has 0 atom stereocenters. The molecule has 0 spiro atoms. The van der Waals surface area contributed by atoms with Gasteiger partial charge >= 0.3 is 0 Å². The summed E-state index contributed by atoms with van der Waals surface area (Å²) in [6, 6.07) is 3.71. The highest BCUT2D eigenvalue weighted by Gasteiger charge is 2.24. The minimum Gasteiger partial charge on any atom is -0.274 e. The Morgan fingerprint density at radius 3 is 2.76 bits per heavy atom. The molecule has 110 valence electrons. The molecule has 21 heavy (non-hydrogen) atoms. The van der Waals surface area contributed by atoms with Gasteiger partial charge in [0.05, 0.1) is 10.6 Å². The molecule has 0 fully saturated rings. The van der Waals surface area contributed by atoms with Crippen LogP contribution in [0.25, 0.3) is 10.6 Å². The highest BCUT2D eigenvalue weighted by Crippen LogP contribution is 2.30. The van der Waals surface area contributed by atoms with E-state index in [4.69, 9.17) is 0 Å². The average Bonchev–Trinajstić information content (AvgIpc) is 3.09. The lowest BCUT2D eigenvalue weighted by Crippen LogP contribution is -2.13. The third-order valence-corrected chi connectivity index (χ3v) is 5.90. The molecule has 3 rings (SSSR count). The van der Waals surface area contributed by atoms with E-state index >= 15 is 0 Å². The first-order valence-electron chi connectivity index (χ1n) is 5.98. The predicted molar refractivity (Wildman–Crippen MR) is 84.2 cm³/mol. The van der Waals surface area contributed by atoms with E-state index < -0.39 is 10.0 Å². The fourth-order valence-electron chi connectivity index (χ4n) is 1.82. The number of thiazole rings is 1. The van der Waals surface area contributed by atoms with E-state index in [9.17, 15) is 8.42 Å². The van der Waals surface area contributed by atoms with Gasteiger partial charge < -0.3 is 0 Å². The lowest BCUT2D eigenvalue weighted by Gasteiger charge is -2.04. The van der Waals surface area contributed by atoms with Crippen molar-refractivity contribution in [2.24, 2.45) is 7.05 Å². The van der Waals surface area contributed by atoms with Crippen LogP contribution in [0.3, 0.4) is 0 Å². The quantitative estimate of drug-likeness (QED) is 0.792. The lowest BCUT2D eigenvalue weighted by molar-refractivity contribution is 0.601. The number of aryl methyl sites for hydroxylation is 2. The van der Waals surface area contributed by atoms with Crippen LogP contribution in [0.4, 0.5) is 5.13 Å². The van der Waals surface area contributed by atoms with Crippen LogP contribution in [0.15, 0.2) is 34.0 Å². The first kappa shape index (κ1) is 14.2. The molecular weight excluding hydrogens is 328 g/mol. The molecule has 0 saturated heterocycles. The Morgan fingerprint density at radius 2 is 2.14 bits per heavy atom. The van der Waals surface area contributed by atoms with Crippen molar-refractivity contribution in [3.05, 3.63) is 34.8 Å². The van der Waals surface area contributed by atoms with Gasteiger partial charge in [-0.2, -0.15) is 5.10 Å². The van der Waals surface area contributed by atoms with Crippen molar-refractivity contribution in [3.8, 4) is 10.6 Å². The van der Waals surface area contributed by atoms with Gasteiger partial charge in [0.25, 0.3) is 10.0 Å². The van der Waals surface area contributed by atoms with Crippen molar-refractivity contribution in [2.75, 3.05) is 4.72 Å². The minimum atomic E-state index is -3.71. The summed E-state index contributed by atoms with van der Waals surface area (Å²) in [6.07, 6.45) is 1.50. The Labute approximate surface area is 130 Å². The smallest absolute Gasteiger partial charge is 0.267 e. The maximum absolute atomic E-state index is 12.5. The van der Waals surface area contributed by atoms with Crippen LogP contribution in [0, 0.1) is 6.92 Å². The second-order valence-electron chi connectivity index (χ2n) is 4.39. The highest BCUT2D eigenvalue weighted by atomic mass is 32.2. The summed E-state index contributed by atoms with van der Waals surface area (Å²) in [7, 11) is -2.02. The number of thiophene rings is 1. The van der Waals surface area contributed by atoms with Gasteiger partial charge in [0.2, 0.25) is 0 Å². The summed E-state index contributed by atoms with van der Waals surface area (Å²) >= 11 is 2.70. The van der Waals surface area contributed by atoms with E-state index in [0.717, 1.165) is 10.6 Å². The molecule has 0 bridgehead atoms. The van der Waals surface area contributed by atoms with E-state index in [1.807, 2.05) is 24.4 Å². The Balaban J connectivity index is 2.03. The van der Waals surface area contributed by atoms with Crippen LogP contribution in [0.2, 0.25) is 0 Å². The topological polar surface area (TPSA) is 76.9 Å². The molecule has 0 aliphatic rings. The Kier molecular flexibility index (Phi) is 3.56. The van der Waals surface area contributed by atoms with Crippen molar-refractivity contribution in [3.63, 3.8) is 0 Å². The molecule has 6 nitrogen and oxygen atoms in total. The molecule has 0 aliphatic heterocycles. The molecule has 0 amide bonds. The molecule has 3 heterocycles. The summed E-state index contributed by atoms with van der Waals surface area (Å²) < 4.78 is 29.1. The van der Waals surface area contributed by atoms with E-state index in [0.29, 0.717) is 10.8 Å². The largest absolute Gasteiger partial charge is 0.274 e. The van der Waals surface area contributed by atoms with Gasteiger partial charge in [-0.3, -0.25) is 9.40 Å². The second-order valence-corrected chi connectivity index (χ2v) is 7.85. The number of hydrogen-bond acceptors (Lipinski definition) is 6. The van der Waals surface area contributed by atoms with Crippen LogP contribution in [-0.4, -0.2) is 23.2 Å². The first-order chi connectivity index (χ1) is 9.95. The molecule has 9 heteroatoms. The highest BCUT2D eigenvalue weighted by molar-refractivity contribution is 7.93. The van der Waals surface area contributed by atoms with E-state index in [2.05, 4.69) is 14.8 Å². The molecule has 0 aliphatic carbocycles.